The third-order valence-electron chi connectivity index (χ3n) is 2.19. The van der Waals surface area contributed by atoms with Gasteiger partial charge in [0.05, 0.1) is 12.9 Å². The molecule has 1 heterocycles. The second kappa shape index (κ2) is 7.93. The Morgan fingerprint density at radius 2 is 2.38 bits per heavy atom. The van der Waals surface area contributed by atoms with Crippen molar-refractivity contribution >= 4 is 5.91 Å². The molecule has 0 aliphatic carbocycles. The molecule has 4 nitrogen and oxygen atoms in total. The molecule has 0 radical (unpaired) electrons. The predicted octanol–water partition coefficient (Wildman–Crippen LogP) is 2.45. The van der Waals surface area contributed by atoms with Crippen molar-refractivity contribution < 1.29 is 14.0 Å². The second-order valence-corrected chi connectivity index (χ2v) is 3.66. The fraction of sp³-hybridized carbons (Fsp3) is 0.583. The third kappa shape index (κ3) is 5.56. The molecule has 0 saturated heterocycles. The maximum atomic E-state index is 11.1. The first kappa shape index (κ1) is 12.8. The van der Waals surface area contributed by atoms with E-state index in [0.717, 1.165) is 31.4 Å². The molecule has 0 aliphatic heterocycles. The van der Waals surface area contributed by atoms with Gasteiger partial charge >= 0.3 is 0 Å². The smallest absolute Gasteiger partial charge is 0.243 e. The van der Waals surface area contributed by atoms with E-state index in [-0.39, 0.29) is 5.91 Å². The van der Waals surface area contributed by atoms with Crippen molar-refractivity contribution in [1.82, 2.24) is 5.48 Å². The average Bonchev–Trinajstić information content (AvgIpc) is 2.79. The van der Waals surface area contributed by atoms with Gasteiger partial charge < -0.3 is 4.42 Å². The highest BCUT2D eigenvalue weighted by Gasteiger charge is 2.00. The molecule has 0 saturated carbocycles. The molecule has 0 fully saturated rings. The van der Waals surface area contributed by atoms with Crippen LogP contribution >= 0.6 is 0 Å². The molecule has 1 N–H and O–H groups in total. The highest BCUT2D eigenvalue weighted by molar-refractivity contribution is 5.74. The van der Waals surface area contributed by atoms with Gasteiger partial charge in [-0.15, -0.1) is 0 Å². The number of carbonyl (C=O) groups is 1. The van der Waals surface area contributed by atoms with E-state index in [4.69, 9.17) is 9.25 Å². The normalized spacial score (nSPS) is 10.3. The molecule has 0 aliphatic rings. The first-order valence-corrected chi connectivity index (χ1v) is 5.76. The van der Waals surface area contributed by atoms with E-state index >= 15 is 0 Å². The molecule has 16 heavy (non-hydrogen) atoms. The highest BCUT2D eigenvalue weighted by atomic mass is 16.6. The van der Waals surface area contributed by atoms with Gasteiger partial charge in [0, 0.05) is 12.8 Å². The molecule has 0 spiro atoms. The molecule has 1 rings (SSSR count). The van der Waals surface area contributed by atoms with Crippen molar-refractivity contribution in [2.75, 3.05) is 6.61 Å². The lowest BCUT2D eigenvalue weighted by atomic mass is 10.2. The number of nitrogens with one attached hydrogen (secondary N) is 1. The van der Waals surface area contributed by atoms with Gasteiger partial charge in [-0.2, -0.15) is 0 Å². The van der Waals surface area contributed by atoms with Crippen LogP contribution in [0.3, 0.4) is 0 Å². The Morgan fingerprint density at radius 3 is 3.06 bits per heavy atom. The molecule has 1 amide bonds. The van der Waals surface area contributed by atoms with Crippen LogP contribution in [0.25, 0.3) is 0 Å². The minimum Gasteiger partial charge on any atom is -0.469 e. The maximum Gasteiger partial charge on any atom is 0.243 e. The van der Waals surface area contributed by atoms with Crippen molar-refractivity contribution in [3.05, 3.63) is 24.2 Å². The number of unbranched alkanes of at least 4 members (excludes halogenated alkanes) is 1. The SMILES string of the molecule is CCCCC(=O)NOCCCc1ccco1. The topological polar surface area (TPSA) is 51.5 Å². The summed E-state index contributed by atoms with van der Waals surface area (Å²) in [7, 11) is 0. The van der Waals surface area contributed by atoms with Crippen LogP contribution in [0, 0.1) is 0 Å². The van der Waals surface area contributed by atoms with Crippen molar-refractivity contribution in [3.8, 4) is 0 Å². The monoisotopic (exact) mass is 225 g/mol. The largest absolute Gasteiger partial charge is 0.469 e. The summed E-state index contributed by atoms with van der Waals surface area (Å²) in [4.78, 5) is 16.2. The minimum atomic E-state index is -0.0418. The first-order chi connectivity index (χ1) is 7.83. The Labute approximate surface area is 95.9 Å². The molecule has 1 aromatic rings. The van der Waals surface area contributed by atoms with Gasteiger partial charge in [0.2, 0.25) is 5.91 Å². The molecule has 0 aromatic carbocycles. The lowest BCUT2D eigenvalue weighted by Crippen LogP contribution is -2.23. The van der Waals surface area contributed by atoms with Crippen LogP contribution in [0.5, 0.6) is 0 Å². The van der Waals surface area contributed by atoms with E-state index in [1.165, 1.54) is 0 Å². The van der Waals surface area contributed by atoms with Crippen molar-refractivity contribution in [2.24, 2.45) is 0 Å². The van der Waals surface area contributed by atoms with Crippen LogP contribution in [0.15, 0.2) is 22.8 Å². The highest BCUT2D eigenvalue weighted by Crippen LogP contribution is 2.03. The zero-order chi connectivity index (χ0) is 11.6. The van der Waals surface area contributed by atoms with E-state index in [1.807, 2.05) is 12.1 Å². The maximum absolute atomic E-state index is 11.1. The Bertz CT molecular complexity index is 282. The Morgan fingerprint density at radius 1 is 1.50 bits per heavy atom. The van der Waals surface area contributed by atoms with Gasteiger partial charge in [0.15, 0.2) is 0 Å². The lowest BCUT2D eigenvalue weighted by molar-refractivity contribution is -0.133. The zero-order valence-corrected chi connectivity index (χ0v) is 9.70. The number of carbonyl (C=O) groups excluding carboxylic acids is 1. The molecular weight excluding hydrogens is 206 g/mol. The van der Waals surface area contributed by atoms with E-state index in [0.29, 0.717) is 13.0 Å². The Kier molecular flexibility index (Phi) is 6.33. The van der Waals surface area contributed by atoms with Crippen LogP contribution in [0.4, 0.5) is 0 Å². The van der Waals surface area contributed by atoms with Gasteiger partial charge in [-0.3, -0.25) is 9.63 Å². The molecule has 1 aromatic heterocycles. The molecule has 0 unspecified atom stereocenters. The van der Waals surface area contributed by atoms with Crippen LogP contribution < -0.4 is 5.48 Å². The second-order valence-electron chi connectivity index (χ2n) is 3.66. The Hall–Kier alpha value is -1.29. The standard InChI is InChI=1S/C12H19NO3/c1-2-3-8-12(14)13-16-10-5-7-11-6-4-9-15-11/h4,6,9H,2-3,5,7-8,10H2,1H3,(H,13,14). The van der Waals surface area contributed by atoms with Crippen LogP contribution in [0.1, 0.15) is 38.4 Å². The molecule has 0 atom stereocenters. The number of furan rings is 1. The molecular formula is C12H19NO3. The Balaban J connectivity index is 1.93. The van der Waals surface area contributed by atoms with Crippen LogP contribution in [0.2, 0.25) is 0 Å². The van der Waals surface area contributed by atoms with Gasteiger partial charge in [0.1, 0.15) is 5.76 Å². The summed E-state index contributed by atoms with van der Waals surface area (Å²) in [6.07, 6.45) is 5.78. The van der Waals surface area contributed by atoms with Gasteiger partial charge in [-0.25, -0.2) is 5.48 Å². The lowest BCUT2D eigenvalue weighted by Gasteiger charge is -2.04. The predicted molar refractivity (Wildman–Crippen MR) is 60.6 cm³/mol. The van der Waals surface area contributed by atoms with Gasteiger partial charge in [0.25, 0.3) is 0 Å². The zero-order valence-electron chi connectivity index (χ0n) is 9.70. The number of hydroxylamine groups is 1. The summed E-state index contributed by atoms with van der Waals surface area (Å²) in [6, 6.07) is 3.79. The molecule has 90 valence electrons. The van der Waals surface area contributed by atoms with Crippen LogP contribution in [-0.2, 0) is 16.1 Å². The summed E-state index contributed by atoms with van der Waals surface area (Å²) in [5, 5.41) is 0. The number of aryl methyl sites for hydroxylation is 1. The fourth-order valence-corrected chi connectivity index (χ4v) is 1.29. The van der Waals surface area contributed by atoms with E-state index < -0.39 is 0 Å². The summed E-state index contributed by atoms with van der Waals surface area (Å²) in [5.74, 6) is 0.903. The van der Waals surface area contributed by atoms with E-state index in [9.17, 15) is 4.79 Å². The molecule has 0 bridgehead atoms. The van der Waals surface area contributed by atoms with Crippen LogP contribution in [-0.4, -0.2) is 12.5 Å². The summed E-state index contributed by atoms with van der Waals surface area (Å²) in [5.41, 5.74) is 2.43. The summed E-state index contributed by atoms with van der Waals surface area (Å²) < 4.78 is 5.17. The average molecular weight is 225 g/mol. The fourth-order valence-electron chi connectivity index (χ4n) is 1.29. The number of amides is 1. The summed E-state index contributed by atoms with van der Waals surface area (Å²) in [6.45, 7) is 2.57. The number of rotatable bonds is 8. The summed E-state index contributed by atoms with van der Waals surface area (Å²) >= 11 is 0. The van der Waals surface area contributed by atoms with Gasteiger partial charge in [-0.1, -0.05) is 13.3 Å². The van der Waals surface area contributed by atoms with Crippen molar-refractivity contribution in [1.29, 1.82) is 0 Å². The third-order valence-corrected chi connectivity index (χ3v) is 2.19. The number of hydrogen-bond donors (Lipinski definition) is 1. The number of hydrogen-bond acceptors (Lipinski definition) is 3. The minimum absolute atomic E-state index is 0.0418. The first-order valence-electron chi connectivity index (χ1n) is 5.76. The van der Waals surface area contributed by atoms with E-state index in [2.05, 4.69) is 12.4 Å². The molecule has 4 heteroatoms. The van der Waals surface area contributed by atoms with Gasteiger partial charge in [-0.05, 0) is 25.0 Å². The van der Waals surface area contributed by atoms with Crippen molar-refractivity contribution in [2.45, 2.75) is 39.0 Å². The van der Waals surface area contributed by atoms with Crippen molar-refractivity contribution in [3.63, 3.8) is 0 Å². The quantitative estimate of drug-likeness (QED) is 0.546. The van der Waals surface area contributed by atoms with E-state index in [1.54, 1.807) is 6.26 Å².